The van der Waals surface area contributed by atoms with Crippen LogP contribution in [0.15, 0.2) is 0 Å². The summed E-state index contributed by atoms with van der Waals surface area (Å²) in [7, 11) is 0. The van der Waals surface area contributed by atoms with Gasteiger partial charge in [0, 0.05) is 18.5 Å². The molecule has 2 bridgehead atoms. The third kappa shape index (κ3) is 2.34. The molecule has 0 spiro atoms. The van der Waals surface area contributed by atoms with Gasteiger partial charge in [0.05, 0.1) is 12.2 Å². The Morgan fingerprint density at radius 1 is 1.13 bits per heavy atom. The molecular formula is C12H21NOS. The highest BCUT2D eigenvalue weighted by Crippen LogP contribution is 2.38. The van der Waals surface area contributed by atoms with E-state index < -0.39 is 0 Å². The summed E-state index contributed by atoms with van der Waals surface area (Å²) in [4.78, 5) is 0. The second-order valence-electron chi connectivity index (χ2n) is 5.16. The van der Waals surface area contributed by atoms with Gasteiger partial charge in [-0.2, -0.15) is 11.8 Å². The second kappa shape index (κ2) is 4.64. The third-order valence-corrected chi connectivity index (χ3v) is 5.17. The fourth-order valence-electron chi connectivity index (χ4n) is 3.18. The molecule has 3 atom stereocenters. The van der Waals surface area contributed by atoms with Crippen LogP contribution in [-0.2, 0) is 4.74 Å². The summed E-state index contributed by atoms with van der Waals surface area (Å²) >= 11 is 2.10. The molecule has 3 unspecified atom stereocenters. The number of rotatable bonds is 3. The molecule has 86 valence electrons. The van der Waals surface area contributed by atoms with E-state index in [-0.39, 0.29) is 0 Å². The van der Waals surface area contributed by atoms with Crippen molar-refractivity contribution in [2.75, 3.05) is 18.1 Å². The molecule has 0 saturated carbocycles. The lowest BCUT2D eigenvalue weighted by atomic mass is 9.89. The third-order valence-electron chi connectivity index (χ3n) is 4.12. The van der Waals surface area contributed by atoms with Gasteiger partial charge in [0.1, 0.15) is 0 Å². The SMILES string of the molecule is C1CC(NCC2CC3CCC2O3)CCS1. The maximum Gasteiger partial charge on any atom is 0.0621 e. The lowest BCUT2D eigenvalue weighted by Crippen LogP contribution is -2.38. The zero-order valence-electron chi connectivity index (χ0n) is 9.28. The minimum absolute atomic E-state index is 0.598. The fraction of sp³-hybridized carbons (Fsp3) is 1.00. The second-order valence-corrected chi connectivity index (χ2v) is 6.39. The monoisotopic (exact) mass is 227 g/mol. The van der Waals surface area contributed by atoms with Crippen LogP contribution in [0, 0.1) is 5.92 Å². The van der Waals surface area contributed by atoms with Crippen LogP contribution in [0.2, 0.25) is 0 Å². The molecule has 3 fully saturated rings. The largest absolute Gasteiger partial charge is 0.375 e. The molecule has 2 nitrogen and oxygen atoms in total. The summed E-state index contributed by atoms with van der Waals surface area (Å²) in [5, 5.41) is 3.76. The van der Waals surface area contributed by atoms with Crippen molar-refractivity contribution in [3.8, 4) is 0 Å². The molecule has 0 aromatic carbocycles. The molecule has 0 aromatic heterocycles. The molecule has 0 radical (unpaired) electrons. The Hall–Kier alpha value is 0.270. The highest BCUT2D eigenvalue weighted by Gasteiger charge is 2.40. The molecule has 0 aromatic rings. The standard InChI is InChI=1S/C12H21NOS/c1-2-12-9(7-11(1)14-12)8-13-10-3-5-15-6-4-10/h9-13H,1-8H2. The van der Waals surface area contributed by atoms with Crippen molar-refractivity contribution < 1.29 is 4.74 Å². The maximum absolute atomic E-state index is 5.88. The van der Waals surface area contributed by atoms with E-state index in [2.05, 4.69) is 17.1 Å². The van der Waals surface area contributed by atoms with Gasteiger partial charge in [-0.1, -0.05) is 0 Å². The molecule has 15 heavy (non-hydrogen) atoms. The normalized spacial score (nSPS) is 41.2. The van der Waals surface area contributed by atoms with Crippen LogP contribution in [0.5, 0.6) is 0 Å². The summed E-state index contributed by atoms with van der Waals surface area (Å²) in [6, 6.07) is 0.797. The summed E-state index contributed by atoms with van der Waals surface area (Å²) < 4.78 is 5.88. The quantitative estimate of drug-likeness (QED) is 0.797. The van der Waals surface area contributed by atoms with Gasteiger partial charge in [-0.25, -0.2) is 0 Å². The summed E-state index contributed by atoms with van der Waals surface area (Å²) in [5.74, 6) is 3.52. The Bertz CT molecular complexity index is 218. The number of fused-ring (bicyclic) bond motifs is 2. The average molecular weight is 227 g/mol. The lowest BCUT2D eigenvalue weighted by Gasteiger charge is -2.26. The first kappa shape index (κ1) is 10.4. The number of thioether (sulfide) groups is 1. The van der Waals surface area contributed by atoms with E-state index in [1.165, 1.54) is 50.2 Å². The number of hydrogen-bond acceptors (Lipinski definition) is 3. The Morgan fingerprint density at radius 2 is 2.00 bits per heavy atom. The van der Waals surface area contributed by atoms with Crippen LogP contribution >= 0.6 is 11.8 Å². The molecule has 0 aliphatic carbocycles. The molecule has 3 aliphatic heterocycles. The Balaban J connectivity index is 1.42. The average Bonchev–Trinajstić information content (AvgIpc) is 2.89. The smallest absolute Gasteiger partial charge is 0.0621 e. The van der Waals surface area contributed by atoms with Gasteiger partial charge >= 0.3 is 0 Å². The zero-order chi connectivity index (χ0) is 10.1. The van der Waals surface area contributed by atoms with Crippen molar-refractivity contribution in [1.29, 1.82) is 0 Å². The number of ether oxygens (including phenoxy) is 1. The summed E-state index contributed by atoms with van der Waals surface area (Å²) in [5.41, 5.74) is 0. The van der Waals surface area contributed by atoms with E-state index in [9.17, 15) is 0 Å². The molecule has 1 N–H and O–H groups in total. The maximum atomic E-state index is 5.88. The predicted molar refractivity (Wildman–Crippen MR) is 64.4 cm³/mol. The molecular weight excluding hydrogens is 206 g/mol. The first-order chi connectivity index (χ1) is 7.42. The van der Waals surface area contributed by atoms with Crippen molar-refractivity contribution in [3.05, 3.63) is 0 Å². The van der Waals surface area contributed by atoms with Gasteiger partial charge < -0.3 is 10.1 Å². The number of nitrogens with one attached hydrogen (secondary N) is 1. The van der Waals surface area contributed by atoms with E-state index >= 15 is 0 Å². The van der Waals surface area contributed by atoms with Crippen molar-refractivity contribution >= 4 is 11.8 Å². The predicted octanol–water partition coefficient (Wildman–Crippen LogP) is 2.04. The highest BCUT2D eigenvalue weighted by molar-refractivity contribution is 7.99. The van der Waals surface area contributed by atoms with Gasteiger partial charge in [0.15, 0.2) is 0 Å². The van der Waals surface area contributed by atoms with E-state index in [1.807, 2.05) is 0 Å². The van der Waals surface area contributed by atoms with Gasteiger partial charge in [0.2, 0.25) is 0 Å². The minimum atomic E-state index is 0.598. The zero-order valence-corrected chi connectivity index (χ0v) is 10.1. The number of hydrogen-bond donors (Lipinski definition) is 1. The van der Waals surface area contributed by atoms with Crippen molar-refractivity contribution in [2.24, 2.45) is 5.92 Å². The first-order valence-corrected chi connectivity index (χ1v) is 7.54. The van der Waals surface area contributed by atoms with Gasteiger partial charge in [-0.3, -0.25) is 0 Å². The first-order valence-electron chi connectivity index (χ1n) is 6.38. The summed E-state index contributed by atoms with van der Waals surface area (Å²) in [6.45, 7) is 1.20. The highest BCUT2D eigenvalue weighted by atomic mass is 32.2. The van der Waals surface area contributed by atoms with Crippen molar-refractivity contribution in [3.63, 3.8) is 0 Å². The fourth-order valence-corrected chi connectivity index (χ4v) is 4.28. The van der Waals surface area contributed by atoms with Gasteiger partial charge in [0.25, 0.3) is 0 Å². The van der Waals surface area contributed by atoms with Crippen LogP contribution in [0.4, 0.5) is 0 Å². The van der Waals surface area contributed by atoms with Crippen LogP contribution in [0.25, 0.3) is 0 Å². The van der Waals surface area contributed by atoms with Gasteiger partial charge in [-0.15, -0.1) is 0 Å². The molecule has 3 aliphatic rings. The van der Waals surface area contributed by atoms with Crippen LogP contribution < -0.4 is 5.32 Å². The summed E-state index contributed by atoms with van der Waals surface area (Å²) in [6.07, 6.45) is 7.90. The molecule has 3 heterocycles. The topological polar surface area (TPSA) is 21.3 Å². The molecule has 3 rings (SSSR count). The Labute approximate surface area is 96.5 Å². The van der Waals surface area contributed by atoms with E-state index in [0.717, 1.165) is 12.0 Å². The van der Waals surface area contributed by atoms with E-state index in [0.29, 0.717) is 12.2 Å². The minimum Gasteiger partial charge on any atom is -0.375 e. The Kier molecular flexibility index (Phi) is 3.23. The molecule has 3 heteroatoms. The van der Waals surface area contributed by atoms with Crippen molar-refractivity contribution in [1.82, 2.24) is 5.32 Å². The van der Waals surface area contributed by atoms with Crippen LogP contribution in [-0.4, -0.2) is 36.3 Å². The van der Waals surface area contributed by atoms with E-state index in [1.54, 1.807) is 0 Å². The Morgan fingerprint density at radius 3 is 2.67 bits per heavy atom. The lowest BCUT2D eigenvalue weighted by molar-refractivity contribution is 0.0919. The van der Waals surface area contributed by atoms with Gasteiger partial charge in [-0.05, 0) is 43.6 Å². The molecule has 3 saturated heterocycles. The van der Waals surface area contributed by atoms with Crippen LogP contribution in [0.3, 0.4) is 0 Å². The molecule has 0 amide bonds. The van der Waals surface area contributed by atoms with Crippen LogP contribution in [0.1, 0.15) is 32.1 Å². The van der Waals surface area contributed by atoms with Crippen molar-refractivity contribution in [2.45, 2.75) is 50.4 Å². The van der Waals surface area contributed by atoms with E-state index in [4.69, 9.17) is 4.74 Å².